The molecule has 1 saturated heterocycles. The van der Waals surface area contributed by atoms with E-state index in [9.17, 15) is 4.79 Å². The van der Waals surface area contributed by atoms with Crippen LogP contribution in [0.1, 0.15) is 37.6 Å². The van der Waals surface area contributed by atoms with Gasteiger partial charge < -0.3 is 25.0 Å². The molecule has 1 aliphatic rings. The number of aryl methyl sites for hydroxylation is 1. The first-order valence-corrected chi connectivity index (χ1v) is 9.08. The molecule has 2 heterocycles. The third-order valence-electron chi connectivity index (χ3n) is 4.27. The van der Waals surface area contributed by atoms with Gasteiger partial charge in [0.15, 0.2) is 5.96 Å². The average Bonchev–Trinajstić information content (AvgIpc) is 2.53. The number of ether oxygens (including phenoxy) is 2. The fourth-order valence-electron chi connectivity index (χ4n) is 2.85. The summed E-state index contributed by atoms with van der Waals surface area (Å²) in [4.78, 5) is 22.4. The molecular formula is C19H32IN5O3. The number of guanidine groups is 1. The van der Waals surface area contributed by atoms with Crippen molar-refractivity contribution in [1.29, 1.82) is 0 Å². The Kier molecular flexibility index (Phi) is 8.77. The predicted molar refractivity (Wildman–Crippen MR) is 121 cm³/mol. The molecule has 1 fully saturated rings. The van der Waals surface area contributed by atoms with E-state index in [1.807, 2.05) is 40.8 Å². The molecule has 1 amide bonds. The molecule has 2 N–H and O–H groups in total. The zero-order chi connectivity index (χ0) is 20.2. The minimum Gasteiger partial charge on any atom is -0.496 e. The first kappa shape index (κ1) is 24.3. The molecule has 28 heavy (non-hydrogen) atoms. The molecule has 1 aromatic rings. The maximum atomic E-state index is 12.0. The van der Waals surface area contributed by atoms with Crippen LogP contribution in [0.15, 0.2) is 11.2 Å². The van der Waals surface area contributed by atoms with Crippen LogP contribution in [0.4, 0.5) is 4.79 Å². The normalized spacial score (nSPS) is 14.7. The predicted octanol–water partition coefficient (Wildman–Crippen LogP) is 2.61. The van der Waals surface area contributed by atoms with Gasteiger partial charge in [-0.15, -0.1) is 24.0 Å². The Morgan fingerprint density at radius 2 is 2.00 bits per heavy atom. The number of nitrogens with zero attached hydrogens (tertiary/aromatic N) is 3. The first-order valence-electron chi connectivity index (χ1n) is 9.08. The monoisotopic (exact) mass is 505 g/mol. The summed E-state index contributed by atoms with van der Waals surface area (Å²) in [6.07, 6.45) is 1.53. The summed E-state index contributed by atoms with van der Waals surface area (Å²) in [6, 6.07) is 0.144. The maximum Gasteiger partial charge on any atom is 0.410 e. The van der Waals surface area contributed by atoms with E-state index in [2.05, 4.69) is 20.6 Å². The molecule has 0 unspecified atom stereocenters. The summed E-state index contributed by atoms with van der Waals surface area (Å²) in [5, 5.41) is 6.58. The number of carbonyl (C=O) groups excluding carboxylic acids is 1. The van der Waals surface area contributed by atoms with Crippen molar-refractivity contribution in [3.63, 3.8) is 0 Å². The zero-order valence-electron chi connectivity index (χ0n) is 17.8. The van der Waals surface area contributed by atoms with Crippen LogP contribution in [0.5, 0.6) is 5.75 Å². The Bertz CT molecular complexity index is 712. The van der Waals surface area contributed by atoms with Gasteiger partial charge in [-0.3, -0.25) is 9.98 Å². The maximum absolute atomic E-state index is 12.0. The summed E-state index contributed by atoms with van der Waals surface area (Å²) < 4.78 is 10.8. The van der Waals surface area contributed by atoms with Gasteiger partial charge >= 0.3 is 6.09 Å². The number of halogens is 1. The Balaban J connectivity index is 0.00000392. The van der Waals surface area contributed by atoms with E-state index in [1.54, 1.807) is 19.1 Å². The van der Waals surface area contributed by atoms with Crippen molar-refractivity contribution in [2.45, 2.75) is 52.8 Å². The summed E-state index contributed by atoms with van der Waals surface area (Å²) in [5.41, 5.74) is 2.45. The first-order chi connectivity index (χ1) is 12.6. The Labute approximate surface area is 184 Å². The molecule has 1 aliphatic heterocycles. The summed E-state index contributed by atoms with van der Waals surface area (Å²) >= 11 is 0. The number of rotatable bonds is 4. The second kappa shape index (κ2) is 10.1. The van der Waals surface area contributed by atoms with Crippen molar-refractivity contribution in [3.8, 4) is 5.75 Å². The van der Waals surface area contributed by atoms with Crippen LogP contribution in [-0.2, 0) is 11.3 Å². The standard InChI is InChI=1S/C19H31N5O3.HI/c1-12-8-21-15(13(2)16(12)26-7)9-22-17(20-6)23-14-10-24(11-14)18(25)27-19(3,4)5;/h8,14H,9-11H2,1-7H3,(H2,20,22,23);1H. The molecule has 2 rings (SSSR count). The molecule has 0 aliphatic carbocycles. The van der Waals surface area contributed by atoms with E-state index >= 15 is 0 Å². The van der Waals surface area contributed by atoms with E-state index in [0.29, 0.717) is 25.6 Å². The number of likely N-dealkylation sites (tertiary alicyclic amines) is 1. The van der Waals surface area contributed by atoms with Gasteiger partial charge in [0.25, 0.3) is 0 Å². The number of methoxy groups -OCH3 is 1. The number of nitrogens with one attached hydrogen (secondary N) is 2. The quantitative estimate of drug-likeness (QED) is 0.372. The highest BCUT2D eigenvalue weighted by Crippen LogP contribution is 2.23. The van der Waals surface area contributed by atoms with E-state index in [0.717, 1.165) is 22.6 Å². The van der Waals surface area contributed by atoms with E-state index < -0.39 is 5.60 Å². The molecule has 0 spiro atoms. The van der Waals surface area contributed by atoms with Crippen LogP contribution < -0.4 is 15.4 Å². The van der Waals surface area contributed by atoms with Crippen LogP contribution >= 0.6 is 24.0 Å². The second-order valence-electron chi connectivity index (χ2n) is 7.70. The van der Waals surface area contributed by atoms with Gasteiger partial charge in [0.05, 0.1) is 25.4 Å². The van der Waals surface area contributed by atoms with E-state index in [-0.39, 0.29) is 36.1 Å². The number of amides is 1. The SMILES string of the molecule is CN=C(NCc1ncc(C)c(OC)c1C)NC1CN(C(=O)OC(C)(C)C)C1.I. The molecule has 9 heteroatoms. The third kappa shape index (κ3) is 6.39. The minimum atomic E-state index is -0.479. The Morgan fingerprint density at radius 3 is 2.54 bits per heavy atom. The van der Waals surface area contributed by atoms with Crippen LogP contribution in [0, 0.1) is 13.8 Å². The average molecular weight is 505 g/mol. The molecule has 8 nitrogen and oxygen atoms in total. The van der Waals surface area contributed by atoms with Crippen molar-refractivity contribution in [3.05, 3.63) is 23.0 Å². The molecular weight excluding hydrogens is 473 g/mol. The van der Waals surface area contributed by atoms with Gasteiger partial charge in [-0.1, -0.05) is 0 Å². The lowest BCUT2D eigenvalue weighted by atomic mass is 10.1. The zero-order valence-corrected chi connectivity index (χ0v) is 20.1. The highest BCUT2D eigenvalue weighted by atomic mass is 127. The minimum absolute atomic E-state index is 0. The van der Waals surface area contributed by atoms with Crippen LogP contribution in [0.25, 0.3) is 0 Å². The van der Waals surface area contributed by atoms with Gasteiger partial charge in [-0.25, -0.2) is 4.79 Å². The third-order valence-corrected chi connectivity index (χ3v) is 4.27. The van der Waals surface area contributed by atoms with Gasteiger partial charge in [0.1, 0.15) is 11.4 Å². The van der Waals surface area contributed by atoms with Gasteiger partial charge in [-0.05, 0) is 34.6 Å². The number of hydrogen-bond donors (Lipinski definition) is 2. The van der Waals surface area contributed by atoms with Gasteiger partial charge in [0, 0.05) is 37.5 Å². The molecule has 1 aromatic heterocycles. The number of carbonyl (C=O) groups is 1. The lowest BCUT2D eigenvalue weighted by molar-refractivity contribution is 0.00701. The second-order valence-corrected chi connectivity index (χ2v) is 7.70. The smallest absolute Gasteiger partial charge is 0.410 e. The molecule has 0 atom stereocenters. The largest absolute Gasteiger partial charge is 0.496 e. The van der Waals surface area contributed by atoms with Crippen molar-refractivity contribution in [2.75, 3.05) is 27.2 Å². The van der Waals surface area contributed by atoms with Crippen molar-refractivity contribution in [1.82, 2.24) is 20.5 Å². The van der Waals surface area contributed by atoms with Crippen LogP contribution in [0.3, 0.4) is 0 Å². The van der Waals surface area contributed by atoms with Crippen LogP contribution in [-0.4, -0.2) is 60.8 Å². The molecule has 0 aromatic carbocycles. The number of aromatic nitrogens is 1. The van der Waals surface area contributed by atoms with Gasteiger partial charge in [0.2, 0.25) is 0 Å². The number of pyridine rings is 1. The number of hydrogen-bond acceptors (Lipinski definition) is 5. The van der Waals surface area contributed by atoms with E-state index in [1.165, 1.54) is 0 Å². The fourth-order valence-corrected chi connectivity index (χ4v) is 2.85. The summed E-state index contributed by atoms with van der Waals surface area (Å²) in [5.74, 6) is 1.53. The molecule has 0 saturated carbocycles. The molecule has 0 radical (unpaired) electrons. The lowest BCUT2D eigenvalue weighted by Gasteiger charge is -2.40. The van der Waals surface area contributed by atoms with E-state index in [4.69, 9.17) is 9.47 Å². The van der Waals surface area contributed by atoms with Crippen molar-refractivity contribution in [2.24, 2.45) is 4.99 Å². The Hall–Kier alpha value is -1.78. The number of aliphatic imine (C=N–C) groups is 1. The van der Waals surface area contributed by atoms with Crippen molar-refractivity contribution < 1.29 is 14.3 Å². The van der Waals surface area contributed by atoms with Crippen molar-refractivity contribution >= 4 is 36.0 Å². The lowest BCUT2D eigenvalue weighted by Crippen LogP contribution is -2.63. The Morgan fingerprint density at radius 1 is 1.36 bits per heavy atom. The highest BCUT2D eigenvalue weighted by molar-refractivity contribution is 14.0. The fraction of sp³-hybridized carbons (Fsp3) is 0.632. The molecule has 0 bridgehead atoms. The van der Waals surface area contributed by atoms with Crippen LogP contribution in [0.2, 0.25) is 0 Å². The summed E-state index contributed by atoms with van der Waals surface area (Å²) in [6.45, 7) is 11.3. The molecule has 158 valence electrons. The summed E-state index contributed by atoms with van der Waals surface area (Å²) in [7, 11) is 3.38. The highest BCUT2D eigenvalue weighted by Gasteiger charge is 2.34. The van der Waals surface area contributed by atoms with Gasteiger partial charge in [-0.2, -0.15) is 0 Å². The topological polar surface area (TPSA) is 88.1 Å².